The molecule has 0 aromatic heterocycles. The van der Waals surface area contributed by atoms with Gasteiger partial charge in [-0.25, -0.2) is 8.42 Å². The molecule has 124 valence electrons. The lowest BCUT2D eigenvalue weighted by atomic mass is 10.2. The van der Waals surface area contributed by atoms with Gasteiger partial charge < -0.3 is 10.6 Å². The Labute approximate surface area is 136 Å². The topological polar surface area (TPSA) is 78.5 Å². The molecule has 1 amide bonds. The Morgan fingerprint density at radius 3 is 2.26 bits per heavy atom. The van der Waals surface area contributed by atoms with Crippen LogP contribution in [-0.2, 0) is 14.8 Å². The molecule has 1 aliphatic heterocycles. The van der Waals surface area contributed by atoms with Gasteiger partial charge in [-0.1, -0.05) is 42.5 Å². The number of hydrogen-bond acceptors (Lipinski definition) is 4. The van der Waals surface area contributed by atoms with Gasteiger partial charge in [0.15, 0.2) is 0 Å². The maximum absolute atomic E-state index is 13.0. The summed E-state index contributed by atoms with van der Waals surface area (Å²) in [5, 5.41) is 5.58. The van der Waals surface area contributed by atoms with E-state index in [1.807, 2.05) is 18.2 Å². The fourth-order valence-electron chi connectivity index (χ4n) is 2.35. The molecule has 1 atom stereocenters. The summed E-state index contributed by atoms with van der Waals surface area (Å²) in [6.07, 6.45) is 0. The molecule has 2 rings (SSSR count). The highest BCUT2D eigenvalue weighted by molar-refractivity contribution is 7.89. The lowest BCUT2D eigenvalue weighted by Gasteiger charge is -2.33. The quantitative estimate of drug-likeness (QED) is 0.844. The molecule has 23 heavy (non-hydrogen) atoms. The average Bonchev–Trinajstić information content (AvgIpc) is 2.58. The number of hydrogen-bond donors (Lipinski definition) is 2. The predicted octanol–water partition coefficient (Wildman–Crippen LogP) is 0.520. The molecule has 1 aromatic carbocycles. The maximum atomic E-state index is 13.0. The summed E-state index contributed by atoms with van der Waals surface area (Å²) in [6, 6.07) is 14.7. The SMILES string of the molecule is CNC(=O)C1CNCCN1S(=O)(=O)c1ccccccccc1. The Hall–Kier alpha value is -1.96. The van der Waals surface area contributed by atoms with E-state index in [0.29, 0.717) is 13.1 Å². The van der Waals surface area contributed by atoms with Gasteiger partial charge in [-0.05, 0) is 12.1 Å². The van der Waals surface area contributed by atoms with Crippen molar-refractivity contribution in [2.45, 2.75) is 10.9 Å². The smallest absolute Gasteiger partial charge is 0.243 e. The van der Waals surface area contributed by atoms with E-state index in [1.165, 1.54) is 23.5 Å². The minimum Gasteiger partial charge on any atom is -0.358 e. The van der Waals surface area contributed by atoms with E-state index in [4.69, 9.17) is 0 Å². The molecule has 6 nitrogen and oxygen atoms in total. The second kappa shape index (κ2) is 8.05. The van der Waals surface area contributed by atoms with E-state index in [0.717, 1.165) is 0 Å². The number of carbonyl (C=O) groups is 1. The van der Waals surface area contributed by atoms with Gasteiger partial charge >= 0.3 is 0 Å². The number of sulfonamides is 1. The van der Waals surface area contributed by atoms with Crippen molar-refractivity contribution in [2.24, 2.45) is 0 Å². The highest BCUT2D eigenvalue weighted by Gasteiger charge is 2.36. The van der Waals surface area contributed by atoms with E-state index >= 15 is 0 Å². The zero-order valence-electron chi connectivity index (χ0n) is 13.0. The van der Waals surface area contributed by atoms with Gasteiger partial charge in [0.05, 0.1) is 4.90 Å². The molecule has 0 spiro atoms. The van der Waals surface area contributed by atoms with Gasteiger partial charge in [-0.15, -0.1) is 0 Å². The molecule has 0 aliphatic carbocycles. The van der Waals surface area contributed by atoms with Crippen LogP contribution in [0.2, 0.25) is 0 Å². The van der Waals surface area contributed by atoms with E-state index < -0.39 is 16.1 Å². The van der Waals surface area contributed by atoms with E-state index in [1.54, 1.807) is 24.3 Å². The molecule has 1 heterocycles. The third-order valence-electron chi connectivity index (χ3n) is 3.54. The molecule has 1 unspecified atom stereocenters. The molecule has 7 heteroatoms. The van der Waals surface area contributed by atoms with Crippen molar-refractivity contribution in [1.29, 1.82) is 0 Å². The summed E-state index contributed by atoms with van der Waals surface area (Å²) < 4.78 is 27.2. The Morgan fingerprint density at radius 1 is 1.13 bits per heavy atom. The highest BCUT2D eigenvalue weighted by atomic mass is 32.2. The van der Waals surface area contributed by atoms with Crippen molar-refractivity contribution < 1.29 is 13.2 Å². The van der Waals surface area contributed by atoms with Crippen LogP contribution in [0.5, 0.6) is 0 Å². The monoisotopic (exact) mass is 335 g/mol. The standard InChI is InChI=1S/C16H21N3O3S/c1-17-16(20)15-13-18-11-12-19(15)23(21,22)14-9-7-5-3-2-4-6-8-10-14/h2-10,15,18H,11-13H2,1H3,(H,17,20). The molecular weight excluding hydrogens is 314 g/mol. The first-order valence-electron chi connectivity index (χ1n) is 7.40. The molecule has 1 saturated heterocycles. The normalized spacial score (nSPS) is 18.7. The lowest BCUT2D eigenvalue weighted by molar-refractivity contribution is -0.124. The first-order chi connectivity index (χ1) is 11.1. The van der Waals surface area contributed by atoms with Crippen LogP contribution in [0.4, 0.5) is 0 Å². The number of amides is 1. The summed E-state index contributed by atoms with van der Waals surface area (Å²) in [5.74, 6) is -0.316. The van der Waals surface area contributed by atoms with Crippen LogP contribution in [0, 0.1) is 0 Å². The molecule has 0 saturated carbocycles. The van der Waals surface area contributed by atoms with Crippen molar-refractivity contribution in [3.63, 3.8) is 0 Å². The number of nitrogens with one attached hydrogen (secondary N) is 2. The molecule has 0 bridgehead atoms. The first-order valence-corrected chi connectivity index (χ1v) is 8.84. The van der Waals surface area contributed by atoms with Crippen LogP contribution >= 0.6 is 0 Å². The van der Waals surface area contributed by atoms with Crippen LogP contribution in [0.25, 0.3) is 0 Å². The molecule has 2 N–H and O–H groups in total. The van der Waals surface area contributed by atoms with Gasteiger partial charge in [0.25, 0.3) is 0 Å². The van der Waals surface area contributed by atoms with Gasteiger partial charge in [0.1, 0.15) is 6.04 Å². The number of nitrogens with zero attached hydrogens (tertiary/aromatic N) is 1. The summed E-state index contributed by atoms with van der Waals surface area (Å²) in [4.78, 5) is 12.2. The fraction of sp³-hybridized carbons (Fsp3) is 0.312. The van der Waals surface area contributed by atoms with Crippen molar-refractivity contribution in [2.75, 3.05) is 26.7 Å². The Balaban J connectivity index is 2.45. The molecule has 0 radical (unpaired) electrons. The number of rotatable bonds is 3. The van der Waals surface area contributed by atoms with Crippen LogP contribution in [0.15, 0.2) is 59.5 Å². The first kappa shape index (κ1) is 17.4. The number of piperazine rings is 1. The highest BCUT2D eigenvalue weighted by Crippen LogP contribution is 2.18. The number of likely N-dealkylation sites (N-methyl/N-ethyl adjacent to an activating group) is 1. The third-order valence-corrected chi connectivity index (χ3v) is 5.46. The zero-order valence-corrected chi connectivity index (χ0v) is 13.8. The van der Waals surface area contributed by atoms with Gasteiger partial charge in [0, 0.05) is 26.7 Å². The molecule has 1 aromatic rings. The predicted molar refractivity (Wildman–Crippen MR) is 88.7 cm³/mol. The summed E-state index contributed by atoms with van der Waals surface area (Å²) >= 11 is 0. The van der Waals surface area contributed by atoms with Crippen molar-refractivity contribution in [3.05, 3.63) is 54.6 Å². The Bertz CT molecular complexity index is 680. The summed E-state index contributed by atoms with van der Waals surface area (Å²) in [7, 11) is -2.26. The van der Waals surface area contributed by atoms with E-state index in [2.05, 4.69) is 10.6 Å². The Morgan fingerprint density at radius 2 is 1.70 bits per heavy atom. The molecule has 1 aliphatic rings. The van der Waals surface area contributed by atoms with Crippen molar-refractivity contribution in [1.82, 2.24) is 14.9 Å². The lowest BCUT2D eigenvalue weighted by Crippen LogP contribution is -2.59. The van der Waals surface area contributed by atoms with Crippen LogP contribution in [0.3, 0.4) is 0 Å². The number of carbonyl (C=O) groups excluding carboxylic acids is 1. The maximum Gasteiger partial charge on any atom is 0.243 e. The van der Waals surface area contributed by atoms with E-state index in [9.17, 15) is 13.2 Å². The van der Waals surface area contributed by atoms with Gasteiger partial charge in [0.2, 0.25) is 15.9 Å². The molecular formula is C16H21N3O3S. The van der Waals surface area contributed by atoms with E-state index in [-0.39, 0.29) is 17.3 Å². The van der Waals surface area contributed by atoms with Crippen molar-refractivity contribution >= 4 is 15.9 Å². The minimum atomic E-state index is -3.76. The van der Waals surface area contributed by atoms with Gasteiger partial charge in [-0.2, -0.15) is 4.31 Å². The minimum absolute atomic E-state index is 0.157. The van der Waals surface area contributed by atoms with Crippen molar-refractivity contribution in [3.8, 4) is 0 Å². The summed E-state index contributed by atoms with van der Waals surface area (Å²) in [6.45, 7) is 1.07. The fourth-order valence-corrected chi connectivity index (χ4v) is 3.96. The summed E-state index contributed by atoms with van der Waals surface area (Å²) in [5.41, 5.74) is 0. The zero-order chi connectivity index (χ0) is 16.7. The van der Waals surface area contributed by atoms with Crippen LogP contribution < -0.4 is 10.6 Å². The van der Waals surface area contributed by atoms with Gasteiger partial charge in [-0.3, -0.25) is 4.79 Å². The van der Waals surface area contributed by atoms with Crippen LogP contribution in [0.1, 0.15) is 0 Å². The Kier molecular flexibility index (Phi) is 6.09. The second-order valence-electron chi connectivity index (χ2n) is 5.03. The molecule has 1 fully saturated rings. The second-order valence-corrected chi connectivity index (χ2v) is 6.92. The van der Waals surface area contributed by atoms with Crippen LogP contribution in [-0.4, -0.2) is 51.4 Å². The largest absolute Gasteiger partial charge is 0.358 e. The average molecular weight is 335 g/mol. The third kappa shape index (κ3) is 4.28.